The van der Waals surface area contributed by atoms with Gasteiger partial charge in [0.25, 0.3) is 0 Å². The molecule has 0 saturated heterocycles. The normalized spacial score (nSPS) is 13.4. The van der Waals surface area contributed by atoms with Gasteiger partial charge in [-0.1, -0.05) is 6.07 Å². The zero-order valence-electron chi connectivity index (χ0n) is 8.65. The van der Waals surface area contributed by atoms with Crippen molar-refractivity contribution in [3.05, 3.63) is 29.5 Å². The Hall–Kier alpha value is -0.960. The maximum absolute atomic E-state index is 4.43. The van der Waals surface area contributed by atoms with Crippen LogP contribution in [0, 0.1) is 6.92 Å². The minimum absolute atomic E-state index is 0.277. The largest absolute Gasteiger partial charge is 0.268 e. The summed E-state index contributed by atoms with van der Waals surface area (Å²) < 4.78 is 1.91. The van der Waals surface area contributed by atoms with Crippen molar-refractivity contribution in [2.75, 3.05) is 0 Å². The van der Waals surface area contributed by atoms with E-state index in [-0.39, 0.29) is 5.25 Å². The number of benzene rings is 1. The van der Waals surface area contributed by atoms with E-state index in [1.165, 1.54) is 16.5 Å². The highest BCUT2D eigenvalue weighted by Gasteiger charge is 2.07. The summed E-state index contributed by atoms with van der Waals surface area (Å²) in [6.45, 7) is 4.12. The van der Waals surface area contributed by atoms with E-state index >= 15 is 0 Å². The van der Waals surface area contributed by atoms with Gasteiger partial charge in [-0.15, -0.1) is 0 Å². The fourth-order valence-corrected chi connectivity index (χ4v) is 1.88. The third kappa shape index (κ3) is 1.42. The number of nitrogens with zero attached hydrogens (tertiary/aromatic N) is 2. The molecule has 2 aromatic rings. The van der Waals surface area contributed by atoms with Crippen molar-refractivity contribution in [3.8, 4) is 0 Å². The van der Waals surface area contributed by atoms with Crippen LogP contribution < -0.4 is 0 Å². The van der Waals surface area contributed by atoms with Gasteiger partial charge in [0.2, 0.25) is 0 Å². The molecule has 0 saturated carbocycles. The molecule has 0 bridgehead atoms. The molecule has 1 atom stereocenters. The Labute approximate surface area is 89.3 Å². The molecule has 3 heteroatoms. The lowest BCUT2D eigenvalue weighted by Gasteiger charge is -2.04. The molecule has 0 N–H and O–H groups in total. The predicted molar refractivity (Wildman–Crippen MR) is 62.9 cm³/mol. The number of rotatable bonds is 1. The second-order valence-corrected chi connectivity index (χ2v) is 4.44. The van der Waals surface area contributed by atoms with Crippen LogP contribution in [0.2, 0.25) is 0 Å². The van der Waals surface area contributed by atoms with Crippen LogP contribution >= 0.6 is 12.6 Å². The van der Waals surface area contributed by atoms with Crippen LogP contribution in [0.3, 0.4) is 0 Å². The lowest BCUT2D eigenvalue weighted by atomic mass is 10.1. The Balaban J connectivity index is 2.71. The minimum Gasteiger partial charge on any atom is -0.268 e. The quantitative estimate of drug-likeness (QED) is 0.710. The molecule has 0 radical (unpaired) electrons. The zero-order valence-corrected chi connectivity index (χ0v) is 9.55. The van der Waals surface area contributed by atoms with Crippen molar-refractivity contribution in [1.29, 1.82) is 0 Å². The van der Waals surface area contributed by atoms with Crippen molar-refractivity contribution in [2.24, 2.45) is 7.05 Å². The van der Waals surface area contributed by atoms with Gasteiger partial charge in [-0.25, -0.2) is 0 Å². The molecule has 1 heterocycles. The van der Waals surface area contributed by atoms with Crippen molar-refractivity contribution in [3.63, 3.8) is 0 Å². The predicted octanol–water partition coefficient (Wildman–Crippen LogP) is 2.87. The average molecular weight is 206 g/mol. The van der Waals surface area contributed by atoms with Gasteiger partial charge in [-0.05, 0) is 31.5 Å². The van der Waals surface area contributed by atoms with Crippen molar-refractivity contribution in [2.45, 2.75) is 19.1 Å². The van der Waals surface area contributed by atoms with E-state index in [0.717, 1.165) is 5.69 Å². The Morgan fingerprint density at radius 3 is 2.79 bits per heavy atom. The summed E-state index contributed by atoms with van der Waals surface area (Å²) in [6, 6.07) is 6.40. The van der Waals surface area contributed by atoms with E-state index in [9.17, 15) is 0 Å². The zero-order chi connectivity index (χ0) is 10.3. The number of aromatic nitrogens is 2. The molecule has 1 aromatic heterocycles. The van der Waals surface area contributed by atoms with Gasteiger partial charge in [0, 0.05) is 17.7 Å². The molecular weight excluding hydrogens is 192 g/mol. The van der Waals surface area contributed by atoms with Crippen LogP contribution in [-0.2, 0) is 7.05 Å². The highest BCUT2D eigenvalue weighted by Crippen LogP contribution is 2.25. The third-order valence-electron chi connectivity index (χ3n) is 2.54. The molecule has 14 heavy (non-hydrogen) atoms. The molecule has 0 aliphatic carbocycles. The van der Waals surface area contributed by atoms with Crippen LogP contribution in [0.4, 0.5) is 0 Å². The number of hydrogen-bond donors (Lipinski definition) is 1. The Bertz CT molecular complexity index is 471. The summed E-state index contributed by atoms with van der Waals surface area (Å²) in [6.07, 6.45) is 0. The minimum atomic E-state index is 0.277. The highest BCUT2D eigenvalue weighted by molar-refractivity contribution is 7.80. The standard InChI is InChI=1S/C11H14N2S/c1-7-10-6-9(8(2)14)4-5-11(10)13(3)12-7/h4-6,8,14H,1-3H3. The van der Waals surface area contributed by atoms with Gasteiger partial charge in [-0.3, -0.25) is 4.68 Å². The first-order valence-electron chi connectivity index (χ1n) is 4.71. The SMILES string of the molecule is Cc1nn(C)c2ccc(C(C)S)cc12. The van der Waals surface area contributed by atoms with Crippen molar-refractivity contribution >= 4 is 23.5 Å². The molecule has 0 amide bonds. The van der Waals surface area contributed by atoms with E-state index in [1.807, 2.05) is 18.7 Å². The number of aryl methyl sites for hydroxylation is 2. The number of fused-ring (bicyclic) bond motifs is 1. The third-order valence-corrected chi connectivity index (χ3v) is 2.84. The average Bonchev–Trinajstić information content (AvgIpc) is 2.42. The van der Waals surface area contributed by atoms with Crippen LogP contribution in [0.1, 0.15) is 23.4 Å². The summed E-state index contributed by atoms with van der Waals surface area (Å²) in [5.74, 6) is 0. The molecule has 2 nitrogen and oxygen atoms in total. The monoisotopic (exact) mass is 206 g/mol. The molecule has 0 aliphatic rings. The van der Waals surface area contributed by atoms with E-state index in [1.54, 1.807) is 0 Å². The second kappa shape index (κ2) is 3.31. The lowest BCUT2D eigenvalue weighted by molar-refractivity contribution is 0.783. The van der Waals surface area contributed by atoms with Crippen LogP contribution in [-0.4, -0.2) is 9.78 Å². The molecular formula is C11H14N2S. The first-order chi connectivity index (χ1) is 6.59. The van der Waals surface area contributed by atoms with Crippen molar-refractivity contribution < 1.29 is 0 Å². The summed E-state index contributed by atoms with van der Waals surface area (Å²) in [5, 5.41) is 5.89. The molecule has 74 valence electrons. The smallest absolute Gasteiger partial charge is 0.0682 e. The van der Waals surface area contributed by atoms with E-state index < -0.39 is 0 Å². The number of hydrogen-bond acceptors (Lipinski definition) is 2. The summed E-state index contributed by atoms with van der Waals surface area (Å²) >= 11 is 4.43. The fourth-order valence-electron chi connectivity index (χ4n) is 1.72. The lowest BCUT2D eigenvalue weighted by Crippen LogP contribution is -1.89. The van der Waals surface area contributed by atoms with Crippen LogP contribution in [0.25, 0.3) is 10.9 Å². The van der Waals surface area contributed by atoms with Crippen LogP contribution in [0.5, 0.6) is 0 Å². The number of thiol groups is 1. The molecule has 0 aliphatic heterocycles. The summed E-state index contributed by atoms with van der Waals surface area (Å²) in [5.41, 5.74) is 3.51. The topological polar surface area (TPSA) is 17.8 Å². The van der Waals surface area contributed by atoms with Crippen molar-refractivity contribution in [1.82, 2.24) is 9.78 Å². The Morgan fingerprint density at radius 1 is 1.43 bits per heavy atom. The van der Waals surface area contributed by atoms with E-state index in [4.69, 9.17) is 0 Å². The molecule has 1 aromatic carbocycles. The van der Waals surface area contributed by atoms with E-state index in [0.29, 0.717) is 0 Å². The maximum atomic E-state index is 4.43. The van der Waals surface area contributed by atoms with Crippen LogP contribution in [0.15, 0.2) is 18.2 Å². The molecule has 1 unspecified atom stereocenters. The molecule has 0 spiro atoms. The van der Waals surface area contributed by atoms with Gasteiger partial charge in [0.15, 0.2) is 0 Å². The fraction of sp³-hybridized carbons (Fsp3) is 0.364. The van der Waals surface area contributed by atoms with Gasteiger partial charge in [-0.2, -0.15) is 17.7 Å². The first kappa shape index (κ1) is 9.59. The van der Waals surface area contributed by atoms with Gasteiger partial charge >= 0.3 is 0 Å². The molecule has 2 rings (SSSR count). The summed E-state index contributed by atoms with van der Waals surface area (Å²) in [4.78, 5) is 0. The van der Waals surface area contributed by atoms with E-state index in [2.05, 4.69) is 42.9 Å². The Morgan fingerprint density at radius 2 is 2.14 bits per heavy atom. The summed E-state index contributed by atoms with van der Waals surface area (Å²) in [7, 11) is 1.97. The first-order valence-corrected chi connectivity index (χ1v) is 5.22. The highest BCUT2D eigenvalue weighted by atomic mass is 32.1. The van der Waals surface area contributed by atoms with Gasteiger partial charge in [0.05, 0.1) is 11.2 Å². The van der Waals surface area contributed by atoms with Gasteiger partial charge < -0.3 is 0 Å². The van der Waals surface area contributed by atoms with Gasteiger partial charge in [0.1, 0.15) is 0 Å². The second-order valence-electron chi connectivity index (χ2n) is 3.66. The Kier molecular flexibility index (Phi) is 2.27. The maximum Gasteiger partial charge on any atom is 0.0682 e. The molecule has 0 fully saturated rings.